The van der Waals surface area contributed by atoms with E-state index in [0.717, 1.165) is 0 Å². The van der Waals surface area contributed by atoms with Gasteiger partial charge in [-0.05, 0) is 30.3 Å². The van der Waals surface area contributed by atoms with E-state index in [2.05, 4.69) is 5.32 Å². The first-order chi connectivity index (χ1) is 13.9. The zero-order chi connectivity index (χ0) is 21.0. The number of carbonyl (C=O) groups is 1. The Morgan fingerprint density at radius 2 is 1.86 bits per heavy atom. The van der Waals surface area contributed by atoms with Crippen LogP contribution >= 0.6 is 23.2 Å². The third kappa shape index (κ3) is 5.02. The summed E-state index contributed by atoms with van der Waals surface area (Å²) >= 11 is 11.8. The smallest absolute Gasteiger partial charge is 0.270 e. The first-order valence-corrected chi connectivity index (χ1v) is 8.85. The molecule has 0 saturated carbocycles. The number of nitro benzene ring substituents is 1. The zero-order valence-corrected chi connectivity index (χ0v) is 16.1. The lowest BCUT2D eigenvalue weighted by atomic mass is 10.1. The summed E-state index contributed by atoms with van der Waals surface area (Å²) in [6.45, 7) is 0. The quantitative estimate of drug-likeness (QED) is 0.242. The van der Waals surface area contributed by atoms with Crippen LogP contribution in [0.15, 0.2) is 64.6 Å². The van der Waals surface area contributed by atoms with Gasteiger partial charge in [0, 0.05) is 39.5 Å². The molecule has 1 aromatic heterocycles. The van der Waals surface area contributed by atoms with E-state index in [9.17, 15) is 20.2 Å². The van der Waals surface area contributed by atoms with Crippen LogP contribution in [0.5, 0.6) is 0 Å². The number of rotatable bonds is 5. The number of hydrogen-bond acceptors (Lipinski definition) is 5. The highest BCUT2D eigenvalue weighted by Gasteiger charge is 2.13. The molecule has 0 unspecified atom stereocenters. The van der Waals surface area contributed by atoms with Gasteiger partial charge in [0.2, 0.25) is 0 Å². The Kier molecular flexibility index (Phi) is 5.98. The zero-order valence-electron chi connectivity index (χ0n) is 14.6. The fourth-order valence-electron chi connectivity index (χ4n) is 2.47. The molecule has 0 aliphatic heterocycles. The van der Waals surface area contributed by atoms with Crippen LogP contribution < -0.4 is 5.32 Å². The largest absolute Gasteiger partial charge is 0.457 e. The summed E-state index contributed by atoms with van der Waals surface area (Å²) in [5, 5.41) is 23.4. The second-order valence-electron chi connectivity index (χ2n) is 5.79. The number of nitrogens with zero attached hydrogens (tertiary/aromatic N) is 2. The fraction of sp³-hybridized carbons (Fsp3) is 0. The van der Waals surface area contributed by atoms with Gasteiger partial charge in [-0.15, -0.1) is 0 Å². The summed E-state index contributed by atoms with van der Waals surface area (Å²) < 4.78 is 5.60. The molecular formula is C20H11Cl2N3O4. The molecular weight excluding hydrogens is 417 g/mol. The minimum atomic E-state index is -0.667. The Morgan fingerprint density at radius 3 is 2.52 bits per heavy atom. The Labute approximate surface area is 174 Å². The molecule has 0 aliphatic rings. The maximum atomic E-state index is 12.4. The number of hydrogen-bond donors (Lipinski definition) is 1. The number of halogens is 2. The molecule has 1 N–H and O–H groups in total. The summed E-state index contributed by atoms with van der Waals surface area (Å²) in [7, 11) is 0. The molecule has 9 heteroatoms. The van der Waals surface area contributed by atoms with Gasteiger partial charge in [0.05, 0.1) is 4.92 Å². The molecule has 3 rings (SSSR count). The van der Waals surface area contributed by atoms with Crippen molar-refractivity contribution in [2.75, 3.05) is 5.32 Å². The maximum absolute atomic E-state index is 12.4. The van der Waals surface area contributed by atoms with Crippen LogP contribution in [-0.2, 0) is 4.79 Å². The molecule has 0 bridgehead atoms. The first kappa shape index (κ1) is 20.1. The predicted octanol–water partition coefficient (Wildman–Crippen LogP) is 5.71. The van der Waals surface area contributed by atoms with E-state index in [4.69, 9.17) is 27.6 Å². The number of furan rings is 1. The van der Waals surface area contributed by atoms with Crippen LogP contribution in [0.1, 0.15) is 5.76 Å². The third-order valence-electron chi connectivity index (χ3n) is 3.74. The highest BCUT2D eigenvalue weighted by atomic mass is 35.5. The SMILES string of the molecule is N#C/C(=C\c1ccc(-c2cccc([N+](=O)[O-])c2)o1)C(=O)Nc1cc(Cl)cc(Cl)c1. The molecule has 0 radical (unpaired) electrons. The number of nitrogens with one attached hydrogen (secondary N) is 1. The minimum absolute atomic E-state index is 0.0757. The average molecular weight is 428 g/mol. The molecule has 0 aliphatic carbocycles. The van der Waals surface area contributed by atoms with Crippen molar-refractivity contribution in [1.29, 1.82) is 5.26 Å². The summed E-state index contributed by atoms with van der Waals surface area (Å²) in [6, 6.07) is 15.4. The van der Waals surface area contributed by atoms with Gasteiger partial charge >= 0.3 is 0 Å². The van der Waals surface area contributed by atoms with E-state index in [1.165, 1.54) is 42.5 Å². The minimum Gasteiger partial charge on any atom is -0.457 e. The molecule has 29 heavy (non-hydrogen) atoms. The lowest BCUT2D eigenvalue weighted by Gasteiger charge is -2.05. The topological polar surface area (TPSA) is 109 Å². The van der Waals surface area contributed by atoms with Crippen molar-refractivity contribution < 1.29 is 14.1 Å². The van der Waals surface area contributed by atoms with Gasteiger partial charge in [0.25, 0.3) is 11.6 Å². The highest BCUT2D eigenvalue weighted by Crippen LogP contribution is 2.27. The van der Waals surface area contributed by atoms with E-state index < -0.39 is 10.8 Å². The summed E-state index contributed by atoms with van der Waals surface area (Å²) in [5.74, 6) is -0.0688. The number of anilines is 1. The Hall–Kier alpha value is -3.60. The van der Waals surface area contributed by atoms with Crippen molar-refractivity contribution in [2.24, 2.45) is 0 Å². The van der Waals surface area contributed by atoms with Crippen molar-refractivity contribution in [2.45, 2.75) is 0 Å². The van der Waals surface area contributed by atoms with Crippen LogP contribution in [0.2, 0.25) is 10.0 Å². The van der Waals surface area contributed by atoms with Crippen LogP contribution in [0.25, 0.3) is 17.4 Å². The van der Waals surface area contributed by atoms with E-state index in [0.29, 0.717) is 27.1 Å². The maximum Gasteiger partial charge on any atom is 0.270 e. The number of nitro groups is 1. The normalized spacial score (nSPS) is 11.0. The molecule has 7 nitrogen and oxygen atoms in total. The lowest BCUT2D eigenvalue weighted by Crippen LogP contribution is -2.13. The molecule has 0 spiro atoms. The second kappa shape index (κ2) is 8.61. The van der Waals surface area contributed by atoms with Gasteiger partial charge in [-0.3, -0.25) is 14.9 Å². The molecule has 0 fully saturated rings. The summed E-state index contributed by atoms with van der Waals surface area (Å²) in [6.07, 6.45) is 1.27. The average Bonchev–Trinajstić information content (AvgIpc) is 3.14. The highest BCUT2D eigenvalue weighted by molar-refractivity contribution is 6.35. The summed E-state index contributed by atoms with van der Waals surface area (Å²) in [4.78, 5) is 22.8. The number of amides is 1. The molecule has 2 aromatic carbocycles. The number of non-ortho nitro benzene ring substituents is 1. The Bertz CT molecular complexity index is 1160. The van der Waals surface area contributed by atoms with Gasteiger partial charge in [0.15, 0.2) is 0 Å². The molecule has 0 saturated heterocycles. The monoisotopic (exact) mass is 427 g/mol. The van der Waals surface area contributed by atoms with Gasteiger partial charge in [-0.2, -0.15) is 5.26 Å². The van der Waals surface area contributed by atoms with Crippen molar-refractivity contribution in [3.05, 3.63) is 86.1 Å². The van der Waals surface area contributed by atoms with Crippen molar-refractivity contribution in [3.8, 4) is 17.4 Å². The fourth-order valence-corrected chi connectivity index (χ4v) is 3.00. The van der Waals surface area contributed by atoms with Crippen LogP contribution in [-0.4, -0.2) is 10.8 Å². The summed E-state index contributed by atoms with van der Waals surface area (Å²) in [5.41, 5.74) is 0.551. The van der Waals surface area contributed by atoms with Gasteiger partial charge in [-0.25, -0.2) is 0 Å². The van der Waals surface area contributed by atoms with E-state index in [1.54, 1.807) is 24.3 Å². The van der Waals surface area contributed by atoms with Gasteiger partial charge in [0.1, 0.15) is 23.2 Å². The Morgan fingerprint density at radius 1 is 1.14 bits per heavy atom. The molecule has 0 atom stereocenters. The van der Waals surface area contributed by atoms with Crippen LogP contribution in [0.4, 0.5) is 11.4 Å². The second-order valence-corrected chi connectivity index (χ2v) is 6.66. The van der Waals surface area contributed by atoms with Crippen molar-refractivity contribution in [1.82, 2.24) is 0 Å². The van der Waals surface area contributed by atoms with Crippen molar-refractivity contribution in [3.63, 3.8) is 0 Å². The number of carbonyl (C=O) groups excluding carboxylic acids is 1. The number of nitriles is 1. The predicted molar refractivity (Wildman–Crippen MR) is 109 cm³/mol. The van der Waals surface area contributed by atoms with Crippen molar-refractivity contribution >= 4 is 46.6 Å². The van der Waals surface area contributed by atoms with Gasteiger partial charge < -0.3 is 9.73 Å². The Balaban J connectivity index is 1.83. The van der Waals surface area contributed by atoms with E-state index in [1.807, 2.05) is 0 Å². The van der Waals surface area contributed by atoms with Gasteiger partial charge in [-0.1, -0.05) is 35.3 Å². The van der Waals surface area contributed by atoms with E-state index >= 15 is 0 Å². The lowest BCUT2D eigenvalue weighted by molar-refractivity contribution is -0.384. The number of benzene rings is 2. The van der Waals surface area contributed by atoms with Crippen LogP contribution in [0, 0.1) is 21.4 Å². The third-order valence-corrected chi connectivity index (χ3v) is 4.18. The van der Waals surface area contributed by atoms with Crippen LogP contribution in [0.3, 0.4) is 0 Å². The van der Waals surface area contributed by atoms with E-state index in [-0.39, 0.29) is 17.0 Å². The molecule has 1 amide bonds. The first-order valence-electron chi connectivity index (χ1n) is 8.09. The standard InChI is InChI=1S/C20H11Cl2N3O4/c21-14-8-15(22)10-16(9-14)24-20(26)13(11-23)7-18-4-5-19(29-18)12-2-1-3-17(6-12)25(27)28/h1-10H,(H,24,26)/b13-7+. The molecule has 3 aromatic rings. The molecule has 144 valence electrons. The molecule has 1 heterocycles.